The van der Waals surface area contributed by atoms with E-state index >= 15 is 0 Å². The van der Waals surface area contributed by atoms with Gasteiger partial charge >= 0.3 is 37.7 Å². The van der Waals surface area contributed by atoms with Gasteiger partial charge in [-0.2, -0.15) is 0 Å². The van der Waals surface area contributed by atoms with Crippen LogP contribution in [0.3, 0.4) is 0 Å². The fourth-order valence-electron chi connectivity index (χ4n) is 4.09. The summed E-state index contributed by atoms with van der Waals surface area (Å²) < 4.78 is 0. The van der Waals surface area contributed by atoms with Crippen LogP contribution in [0.25, 0.3) is 0 Å². The first-order valence-electron chi connectivity index (χ1n) is 8.66. The van der Waals surface area contributed by atoms with Crippen LogP contribution < -0.4 is 5.11 Å². The normalized spacial score (nSPS) is 23.9. The third-order valence-electron chi connectivity index (χ3n) is 5.41. The summed E-state index contributed by atoms with van der Waals surface area (Å²) in [6, 6.07) is 9.45. The van der Waals surface area contributed by atoms with Crippen LogP contribution in [0.5, 0.6) is 0 Å². The molecule has 1 aromatic rings. The average Bonchev–Trinajstić information content (AvgIpc) is 2.99. The van der Waals surface area contributed by atoms with E-state index in [1.807, 2.05) is 35.2 Å². The van der Waals surface area contributed by atoms with Gasteiger partial charge in [-0.05, 0) is 36.7 Å². The van der Waals surface area contributed by atoms with Crippen molar-refractivity contribution in [2.75, 3.05) is 13.1 Å². The van der Waals surface area contributed by atoms with Crippen LogP contribution in [0, 0.1) is 17.8 Å². The molecule has 3 rings (SSSR count). The minimum absolute atomic E-state index is 0. The number of hydrogen-bond acceptors (Lipinski definition) is 3. The van der Waals surface area contributed by atoms with Crippen molar-refractivity contribution in [3.63, 3.8) is 0 Å². The van der Waals surface area contributed by atoms with Gasteiger partial charge in [0.05, 0.1) is 0 Å². The van der Waals surface area contributed by atoms with Crippen molar-refractivity contribution in [2.24, 2.45) is 17.8 Å². The van der Waals surface area contributed by atoms with Crippen molar-refractivity contribution in [3.05, 3.63) is 35.9 Å². The second-order valence-corrected chi connectivity index (χ2v) is 7.01. The largest absolute Gasteiger partial charge is 2.00 e. The number of carboxylic acid groups (broad SMARTS) is 1. The maximum absolute atomic E-state index is 12.5. The molecule has 0 bridgehead atoms. The molecule has 1 saturated carbocycles. The summed E-state index contributed by atoms with van der Waals surface area (Å²) >= 11 is 0. The predicted octanol–water partition coefficient (Wildman–Crippen LogP) is 1.25. The summed E-state index contributed by atoms with van der Waals surface area (Å²) in [6.07, 6.45) is 5.36. The van der Waals surface area contributed by atoms with Gasteiger partial charge in [-0.1, -0.05) is 43.2 Å². The van der Waals surface area contributed by atoms with E-state index in [1.165, 1.54) is 25.7 Å². The molecule has 1 aliphatic heterocycles. The summed E-state index contributed by atoms with van der Waals surface area (Å²) in [4.78, 5) is 25.8. The molecule has 0 aromatic heterocycles. The summed E-state index contributed by atoms with van der Waals surface area (Å²) in [5, 5.41) is 11.4. The van der Waals surface area contributed by atoms with E-state index < -0.39 is 11.9 Å². The molecule has 0 radical (unpaired) electrons. The summed E-state index contributed by atoms with van der Waals surface area (Å²) in [6.45, 7) is 1.63. The monoisotopic (exact) mass is 354 g/mol. The number of rotatable bonds is 5. The predicted molar refractivity (Wildman–Crippen MR) is 91.0 cm³/mol. The second-order valence-electron chi connectivity index (χ2n) is 7.01. The number of amides is 1. The second kappa shape index (κ2) is 9.21. The first-order valence-corrected chi connectivity index (χ1v) is 8.66. The molecule has 0 N–H and O–H groups in total. The fourth-order valence-corrected chi connectivity index (χ4v) is 4.09. The Morgan fingerprint density at radius 1 is 1.08 bits per heavy atom. The van der Waals surface area contributed by atoms with Crippen molar-refractivity contribution in [1.82, 2.24) is 4.90 Å². The summed E-state index contributed by atoms with van der Waals surface area (Å²) in [7, 11) is 0. The smallest absolute Gasteiger partial charge is 0.550 e. The third-order valence-corrected chi connectivity index (χ3v) is 5.41. The van der Waals surface area contributed by atoms with E-state index in [0.717, 1.165) is 18.7 Å². The molecule has 3 atom stereocenters. The van der Waals surface area contributed by atoms with Gasteiger partial charge in [0.2, 0.25) is 5.91 Å². The molecule has 1 heterocycles. The minimum Gasteiger partial charge on any atom is -0.550 e. The van der Waals surface area contributed by atoms with Crippen LogP contribution in [0.15, 0.2) is 30.3 Å². The molecule has 2 aliphatic rings. The number of likely N-dealkylation sites (tertiary alicyclic amines) is 1. The SMILES string of the molecule is O=C([O-])C(CC(=O)N1CC2CCCCC2C1)Cc1ccccc1.[Ca+2]. The zero-order valence-electron chi connectivity index (χ0n) is 14.2. The van der Waals surface area contributed by atoms with Crippen LogP contribution in [0.4, 0.5) is 0 Å². The molecule has 3 unspecified atom stereocenters. The molecule has 1 saturated heterocycles. The van der Waals surface area contributed by atoms with Crippen LogP contribution in [0.1, 0.15) is 37.7 Å². The Labute approximate surface area is 173 Å². The average molecular weight is 354 g/mol. The molecule has 124 valence electrons. The van der Waals surface area contributed by atoms with Crippen LogP contribution >= 0.6 is 0 Å². The number of carboxylic acids is 1. The van der Waals surface area contributed by atoms with Gasteiger partial charge in [0.15, 0.2) is 0 Å². The maximum atomic E-state index is 12.5. The van der Waals surface area contributed by atoms with Crippen molar-refractivity contribution >= 4 is 49.6 Å². The Bertz CT molecular complexity index is 549. The maximum Gasteiger partial charge on any atom is 2.00 e. The molecule has 1 aliphatic carbocycles. The number of carbonyl (C=O) groups excluding carboxylic acids is 2. The van der Waals surface area contributed by atoms with Crippen molar-refractivity contribution < 1.29 is 14.7 Å². The number of nitrogens with zero attached hydrogens (tertiary/aromatic N) is 1. The van der Waals surface area contributed by atoms with Crippen molar-refractivity contribution in [1.29, 1.82) is 0 Å². The van der Waals surface area contributed by atoms with E-state index in [1.54, 1.807) is 0 Å². The molecule has 0 spiro atoms. The van der Waals surface area contributed by atoms with Gasteiger partial charge in [0.1, 0.15) is 0 Å². The van der Waals surface area contributed by atoms with E-state index in [0.29, 0.717) is 18.3 Å². The zero-order chi connectivity index (χ0) is 16.2. The quantitative estimate of drug-likeness (QED) is 0.748. The van der Waals surface area contributed by atoms with Crippen LogP contribution in [-0.4, -0.2) is 67.6 Å². The van der Waals surface area contributed by atoms with Gasteiger partial charge < -0.3 is 14.8 Å². The number of aliphatic carboxylic acids is 1. The first kappa shape index (κ1) is 19.7. The Balaban J connectivity index is 0.00000208. The number of fused-ring (bicyclic) bond motifs is 1. The van der Waals surface area contributed by atoms with Crippen molar-refractivity contribution in [3.8, 4) is 0 Å². The van der Waals surface area contributed by atoms with Gasteiger partial charge in [0.25, 0.3) is 0 Å². The van der Waals surface area contributed by atoms with E-state index in [9.17, 15) is 14.7 Å². The molecule has 1 amide bonds. The molecular formula is C19H24CaNO3+. The van der Waals surface area contributed by atoms with Gasteiger partial charge in [-0.15, -0.1) is 0 Å². The summed E-state index contributed by atoms with van der Waals surface area (Å²) in [5.41, 5.74) is 0.935. The number of carbonyl (C=O) groups is 2. The molecule has 4 nitrogen and oxygen atoms in total. The van der Waals surface area contributed by atoms with Crippen molar-refractivity contribution in [2.45, 2.75) is 38.5 Å². The zero-order valence-corrected chi connectivity index (χ0v) is 16.4. The Morgan fingerprint density at radius 2 is 1.67 bits per heavy atom. The minimum atomic E-state index is -1.13. The standard InChI is InChI=1S/C19H25NO3.Ca/c21-18(20-12-15-8-4-5-9-16(15)13-20)11-17(19(22)23)10-14-6-2-1-3-7-14;/h1-3,6-7,15-17H,4-5,8-13H2,(H,22,23);/q;+2/p-1. The van der Waals surface area contributed by atoms with Gasteiger partial charge in [-0.3, -0.25) is 4.79 Å². The first-order chi connectivity index (χ1) is 11.1. The van der Waals surface area contributed by atoms with E-state index in [2.05, 4.69) is 0 Å². The Hall–Kier alpha value is -0.580. The third kappa shape index (κ3) is 4.96. The molecule has 5 heteroatoms. The summed E-state index contributed by atoms with van der Waals surface area (Å²) in [5.74, 6) is -0.637. The van der Waals surface area contributed by atoms with E-state index in [4.69, 9.17) is 0 Å². The fraction of sp³-hybridized carbons (Fsp3) is 0.579. The molecule has 1 aromatic carbocycles. The number of benzene rings is 1. The Morgan fingerprint density at radius 3 is 2.21 bits per heavy atom. The number of hydrogen-bond donors (Lipinski definition) is 0. The molecule has 2 fully saturated rings. The molecule has 24 heavy (non-hydrogen) atoms. The molecular weight excluding hydrogens is 330 g/mol. The van der Waals surface area contributed by atoms with Crippen LogP contribution in [-0.2, 0) is 16.0 Å². The van der Waals surface area contributed by atoms with Gasteiger partial charge in [-0.25, -0.2) is 0 Å². The topological polar surface area (TPSA) is 60.4 Å². The Kier molecular flexibility index (Phi) is 7.58. The van der Waals surface area contributed by atoms with Gasteiger partial charge in [0, 0.05) is 31.4 Å². The van der Waals surface area contributed by atoms with Crippen LogP contribution in [0.2, 0.25) is 0 Å². The van der Waals surface area contributed by atoms with E-state index in [-0.39, 0.29) is 50.1 Å².